The van der Waals surface area contributed by atoms with Crippen molar-refractivity contribution in [2.75, 3.05) is 19.0 Å². The van der Waals surface area contributed by atoms with Gasteiger partial charge in [-0.15, -0.1) is 4.37 Å². The van der Waals surface area contributed by atoms with Crippen molar-refractivity contribution in [3.63, 3.8) is 0 Å². The van der Waals surface area contributed by atoms with E-state index in [1.54, 1.807) is 6.92 Å². The highest BCUT2D eigenvalue weighted by molar-refractivity contribution is 7.91. The Labute approximate surface area is 113 Å². The third-order valence-corrected chi connectivity index (χ3v) is 4.20. The number of esters is 1. The van der Waals surface area contributed by atoms with Crippen LogP contribution < -0.4 is 10.2 Å². The van der Waals surface area contributed by atoms with Crippen molar-refractivity contribution in [1.82, 2.24) is 8.75 Å². The normalized spacial score (nSPS) is 11.1. The van der Waals surface area contributed by atoms with Crippen LogP contribution in [0.5, 0.6) is 5.88 Å². The molecule has 8 nitrogen and oxygen atoms in total. The lowest BCUT2D eigenvalue weighted by atomic mass is 10.6. The molecular formula is C9H12N2O6S2. The van der Waals surface area contributed by atoms with E-state index in [0.29, 0.717) is 11.7 Å². The molecule has 0 aliphatic carbocycles. The minimum Gasteiger partial charge on any atom is -0.463 e. The van der Waals surface area contributed by atoms with Gasteiger partial charge in [0, 0.05) is 0 Å². The van der Waals surface area contributed by atoms with Crippen LogP contribution in [0.1, 0.15) is 13.8 Å². The van der Waals surface area contributed by atoms with E-state index >= 15 is 0 Å². The Morgan fingerprint density at radius 3 is 2.58 bits per heavy atom. The van der Waals surface area contributed by atoms with Crippen molar-refractivity contribution in [2.45, 2.75) is 18.9 Å². The van der Waals surface area contributed by atoms with E-state index in [-0.39, 0.29) is 12.4 Å². The summed E-state index contributed by atoms with van der Waals surface area (Å²) in [6, 6.07) is 0. The van der Waals surface area contributed by atoms with Crippen LogP contribution in [0.15, 0.2) is 9.82 Å². The number of rotatable bonds is 6. The molecule has 0 bridgehead atoms. The maximum Gasteiger partial charge on any atom is 0.344 e. The predicted molar refractivity (Wildman–Crippen MR) is 66.0 cm³/mol. The van der Waals surface area contributed by atoms with Crippen molar-refractivity contribution < 1.29 is 22.7 Å². The Morgan fingerprint density at radius 2 is 2.00 bits per heavy atom. The molecule has 0 atom stereocenters. The van der Waals surface area contributed by atoms with Gasteiger partial charge in [0.15, 0.2) is 6.61 Å². The van der Waals surface area contributed by atoms with Crippen LogP contribution in [0, 0.1) is 0 Å². The zero-order valence-electron chi connectivity index (χ0n) is 10.3. The number of ether oxygens (including phenoxy) is 2. The van der Waals surface area contributed by atoms with Crippen LogP contribution in [0.3, 0.4) is 0 Å². The summed E-state index contributed by atoms with van der Waals surface area (Å²) in [4.78, 5) is 22.8. The first-order chi connectivity index (χ1) is 8.92. The topological polar surface area (TPSA) is 113 Å². The molecular weight excluding hydrogens is 296 g/mol. The van der Waals surface area contributed by atoms with Gasteiger partial charge in [0.1, 0.15) is 0 Å². The van der Waals surface area contributed by atoms with Crippen molar-refractivity contribution >= 4 is 27.5 Å². The number of carbonyl (C=O) groups excluding carboxylic acids is 1. The fraction of sp³-hybridized carbons (Fsp3) is 0.556. The largest absolute Gasteiger partial charge is 0.463 e. The van der Waals surface area contributed by atoms with Crippen LogP contribution in [0.2, 0.25) is 0 Å². The molecule has 0 amide bonds. The van der Waals surface area contributed by atoms with Gasteiger partial charge in [-0.2, -0.15) is 4.37 Å². The molecule has 1 heterocycles. The van der Waals surface area contributed by atoms with Crippen LogP contribution in [-0.2, 0) is 19.4 Å². The van der Waals surface area contributed by atoms with Gasteiger partial charge in [0.25, 0.3) is 11.3 Å². The van der Waals surface area contributed by atoms with Gasteiger partial charge in [0.2, 0.25) is 14.9 Å². The molecule has 0 radical (unpaired) electrons. The molecule has 106 valence electrons. The Balaban J connectivity index is 2.97. The lowest BCUT2D eigenvalue weighted by molar-refractivity contribution is -0.145. The molecule has 0 saturated heterocycles. The van der Waals surface area contributed by atoms with Gasteiger partial charge in [-0.05, 0) is 6.92 Å². The van der Waals surface area contributed by atoms with Crippen LogP contribution >= 0.6 is 11.7 Å². The third-order valence-electron chi connectivity index (χ3n) is 1.94. The van der Waals surface area contributed by atoms with Gasteiger partial charge < -0.3 is 9.47 Å². The fourth-order valence-corrected chi connectivity index (χ4v) is 2.63. The monoisotopic (exact) mass is 308 g/mol. The SMILES string of the molecule is CCOC(=O)COc1nsnc(S(=O)(=O)CC)c1=O. The van der Waals surface area contributed by atoms with E-state index < -0.39 is 38.7 Å². The van der Waals surface area contributed by atoms with E-state index in [1.807, 2.05) is 0 Å². The lowest BCUT2D eigenvalue weighted by Crippen LogP contribution is -2.23. The summed E-state index contributed by atoms with van der Waals surface area (Å²) in [5.74, 6) is -1.41. The van der Waals surface area contributed by atoms with Gasteiger partial charge in [-0.1, -0.05) is 6.92 Å². The molecule has 1 aromatic rings. The standard InChI is InChI=1S/C9H12N2O6S2/c1-3-16-6(12)5-17-8-7(13)9(11-18-10-8)19(14,15)4-2/h3-5H2,1-2H3. The first-order valence-electron chi connectivity index (χ1n) is 5.30. The first-order valence-corrected chi connectivity index (χ1v) is 7.68. The third kappa shape index (κ3) is 3.96. The first kappa shape index (κ1) is 15.5. The maximum absolute atomic E-state index is 11.8. The van der Waals surface area contributed by atoms with Gasteiger partial charge >= 0.3 is 5.97 Å². The molecule has 0 spiro atoms. The Bertz CT molecular complexity index is 609. The molecule has 0 saturated carbocycles. The number of nitrogens with zero attached hydrogens (tertiary/aromatic N) is 2. The molecule has 0 N–H and O–H groups in total. The molecule has 0 fully saturated rings. The Hall–Kier alpha value is -1.55. The van der Waals surface area contributed by atoms with Gasteiger partial charge in [-0.3, -0.25) is 4.79 Å². The van der Waals surface area contributed by atoms with E-state index in [0.717, 1.165) is 0 Å². The molecule has 0 unspecified atom stereocenters. The highest BCUT2D eigenvalue weighted by Gasteiger charge is 2.22. The highest BCUT2D eigenvalue weighted by Crippen LogP contribution is 2.07. The molecule has 1 aromatic heterocycles. The van der Waals surface area contributed by atoms with Crippen molar-refractivity contribution in [3.05, 3.63) is 10.2 Å². The Morgan fingerprint density at radius 1 is 1.32 bits per heavy atom. The summed E-state index contributed by atoms with van der Waals surface area (Å²) >= 11 is 0.521. The zero-order valence-corrected chi connectivity index (χ0v) is 11.9. The minimum atomic E-state index is -3.75. The maximum atomic E-state index is 11.8. The second-order valence-corrected chi connectivity index (χ2v) is 5.92. The van der Waals surface area contributed by atoms with Crippen LogP contribution in [0.4, 0.5) is 0 Å². The van der Waals surface area contributed by atoms with Crippen LogP contribution in [-0.4, -0.2) is 42.1 Å². The van der Waals surface area contributed by atoms with E-state index in [9.17, 15) is 18.0 Å². The number of sulfone groups is 1. The van der Waals surface area contributed by atoms with E-state index in [1.165, 1.54) is 6.92 Å². The number of aromatic nitrogens is 2. The molecule has 0 aliphatic rings. The average molecular weight is 308 g/mol. The number of carbonyl (C=O) groups is 1. The van der Waals surface area contributed by atoms with Crippen molar-refractivity contribution in [2.24, 2.45) is 0 Å². The summed E-state index contributed by atoms with van der Waals surface area (Å²) in [6.45, 7) is 2.67. The van der Waals surface area contributed by atoms with Gasteiger partial charge in [-0.25, -0.2) is 13.2 Å². The zero-order chi connectivity index (χ0) is 14.5. The molecule has 19 heavy (non-hydrogen) atoms. The van der Waals surface area contributed by atoms with E-state index in [2.05, 4.69) is 13.5 Å². The summed E-state index contributed by atoms with van der Waals surface area (Å²) in [6.07, 6.45) is 0. The second kappa shape index (κ2) is 6.57. The summed E-state index contributed by atoms with van der Waals surface area (Å²) < 4.78 is 39.6. The van der Waals surface area contributed by atoms with Gasteiger partial charge in [0.05, 0.1) is 24.1 Å². The smallest absolute Gasteiger partial charge is 0.344 e. The molecule has 0 aliphatic heterocycles. The average Bonchev–Trinajstić information content (AvgIpc) is 2.37. The molecule has 0 aromatic carbocycles. The summed E-state index contributed by atoms with van der Waals surface area (Å²) in [5.41, 5.74) is -0.954. The number of hydrogen-bond acceptors (Lipinski definition) is 9. The number of hydrogen-bond donors (Lipinski definition) is 0. The van der Waals surface area contributed by atoms with Crippen molar-refractivity contribution in [3.8, 4) is 5.88 Å². The van der Waals surface area contributed by atoms with Crippen LogP contribution in [0.25, 0.3) is 0 Å². The fourth-order valence-electron chi connectivity index (χ4n) is 1.03. The Kier molecular flexibility index (Phi) is 5.36. The summed E-state index contributed by atoms with van der Waals surface area (Å²) in [7, 11) is -3.75. The van der Waals surface area contributed by atoms with Crippen molar-refractivity contribution in [1.29, 1.82) is 0 Å². The van der Waals surface area contributed by atoms with E-state index in [4.69, 9.17) is 4.74 Å². The highest BCUT2D eigenvalue weighted by atomic mass is 32.2. The molecule has 1 rings (SSSR count). The summed E-state index contributed by atoms with van der Waals surface area (Å²) in [5, 5.41) is -0.617. The second-order valence-electron chi connectivity index (χ2n) is 3.20. The lowest BCUT2D eigenvalue weighted by Gasteiger charge is -2.04. The minimum absolute atomic E-state index is 0.175. The quantitative estimate of drug-likeness (QED) is 0.654. The molecule has 10 heteroatoms. The predicted octanol–water partition coefficient (Wildman–Crippen LogP) is -0.366.